The summed E-state index contributed by atoms with van der Waals surface area (Å²) in [6.45, 7) is 4.08. The Morgan fingerprint density at radius 2 is 2.03 bits per heavy atom. The molecule has 1 aromatic carbocycles. The number of fused-ring (bicyclic) bond motifs is 1. The highest BCUT2D eigenvalue weighted by Gasteiger charge is 2.35. The Hall–Kier alpha value is -3.42. The molecule has 182 valence electrons. The van der Waals surface area contributed by atoms with Crippen molar-refractivity contribution in [3.05, 3.63) is 46.1 Å². The molecule has 0 saturated carbocycles. The highest BCUT2D eigenvalue weighted by molar-refractivity contribution is 5.85. The van der Waals surface area contributed by atoms with Gasteiger partial charge in [0, 0.05) is 24.0 Å². The monoisotopic (exact) mass is 480 g/mol. The first kappa shape index (κ1) is 25.2. The Balaban J connectivity index is 1.97. The van der Waals surface area contributed by atoms with Gasteiger partial charge in [0.2, 0.25) is 11.8 Å². The minimum absolute atomic E-state index is 0.0300. The second kappa shape index (κ2) is 9.83. The predicted octanol–water partition coefficient (Wildman–Crippen LogP) is 3.28. The van der Waals surface area contributed by atoms with Crippen molar-refractivity contribution in [1.29, 1.82) is 5.26 Å². The number of aromatic nitrogens is 1. The molecule has 1 saturated heterocycles. The van der Waals surface area contributed by atoms with Gasteiger partial charge in [0.25, 0.3) is 5.56 Å². The van der Waals surface area contributed by atoms with E-state index in [9.17, 15) is 37.2 Å². The molecular weight excluding hydrogens is 456 g/mol. The normalized spacial score (nSPS) is 17.9. The molecule has 0 spiro atoms. The number of pyridine rings is 1. The Morgan fingerprint density at radius 1 is 1.32 bits per heavy atom. The maximum absolute atomic E-state index is 13.9. The number of alkyl halides is 3. The second-order valence-electron chi connectivity index (χ2n) is 8.79. The van der Waals surface area contributed by atoms with Crippen molar-refractivity contribution in [2.24, 2.45) is 11.8 Å². The van der Waals surface area contributed by atoms with Crippen LogP contribution in [0.5, 0.6) is 0 Å². The summed E-state index contributed by atoms with van der Waals surface area (Å²) in [6, 6.07) is 2.20. The molecule has 2 N–H and O–H groups in total. The standard InChI is InChI=1S/C23H24F4N4O3/c1-12(2)7-19(21(33)30-15(11-28)8-14-3-5-29-20(14)32)31-6-4-13-9-18(24)17(23(25,26)27)10-16(13)22(31)34/h4,6,9-10,12,14-15,19H,3,5,7-8H2,1-2H3,(H,29,32)(H,30,33)/t14-,15-,19-/m0/s1. The first-order chi connectivity index (χ1) is 15.9. The lowest BCUT2D eigenvalue weighted by atomic mass is 9.97. The van der Waals surface area contributed by atoms with Crippen LogP contribution in [-0.2, 0) is 15.8 Å². The van der Waals surface area contributed by atoms with E-state index in [-0.39, 0.29) is 35.4 Å². The number of nitrogens with zero attached hydrogens (tertiary/aromatic N) is 2. The Kier molecular flexibility index (Phi) is 7.29. The molecule has 1 aromatic heterocycles. The van der Waals surface area contributed by atoms with Crippen molar-refractivity contribution < 1.29 is 27.2 Å². The molecule has 3 rings (SSSR count). The van der Waals surface area contributed by atoms with Gasteiger partial charge in [-0.2, -0.15) is 18.4 Å². The van der Waals surface area contributed by atoms with E-state index < -0.39 is 47.0 Å². The van der Waals surface area contributed by atoms with Crippen LogP contribution in [0.15, 0.2) is 29.2 Å². The predicted molar refractivity (Wildman–Crippen MR) is 115 cm³/mol. The van der Waals surface area contributed by atoms with Crippen LogP contribution in [0.25, 0.3) is 10.8 Å². The quantitative estimate of drug-likeness (QED) is 0.594. The number of benzene rings is 1. The average molecular weight is 480 g/mol. The SMILES string of the molecule is CC(C)C[C@@H](C(=O)N[C@H](C#N)C[C@@H]1CCNC1=O)n1ccc2cc(F)c(C(F)(F)F)cc2c1=O. The van der Waals surface area contributed by atoms with Gasteiger partial charge in [0.15, 0.2) is 0 Å². The van der Waals surface area contributed by atoms with E-state index in [1.54, 1.807) is 13.8 Å². The number of hydrogen-bond acceptors (Lipinski definition) is 4. The van der Waals surface area contributed by atoms with Gasteiger partial charge in [0.05, 0.1) is 11.6 Å². The van der Waals surface area contributed by atoms with Crippen LogP contribution in [0.1, 0.15) is 44.7 Å². The summed E-state index contributed by atoms with van der Waals surface area (Å²) >= 11 is 0. The number of rotatable bonds is 7. The fourth-order valence-corrected chi connectivity index (χ4v) is 4.10. The van der Waals surface area contributed by atoms with Gasteiger partial charge in [-0.05, 0) is 48.8 Å². The van der Waals surface area contributed by atoms with E-state index in [1.165, 1.54) is 12.3 Å². The zero-order valence-electron chi connectivity index (χ0n) is 18.6. The summed E-state index contributed by atoms with van der Waals surface area (Å²) in [4.78, 5) is 38.0. The fraction of sp³-hybridized carbons (Fsp3) is 0.478. The number of amides is 2. The fourth-order valence-electron chi connectivity index (χ4n) is 4.10. The minimum Gasteiger partial charge on any atom is -0.356 e. The van der Waals surface area contributed by atoms with Gasteiger partial charge in [-0.1, -0.05) is 13.8 Å². The smallest absolute Gasteiger partial charge is 0.356 e. The van der Waals surface area contributed by atoms with Crippen LogP contribution in [0, 0.1) is 29.0 Å². The zero-order chi connectivity index (χ0) is 25.2. The van der Waals surface area contributed by atoms with Crippen LogP contribution in [0.4, 0.5) is 17.6 Å². The number of nitriles is 1. The van der Waals surface area contributed by atoms with Crippen molar-refractivity contribution in [3.8, 4) is 6.07 Å². The maximum atomic E-state index is 13.9. The third-order valence-corrected chi connectivity index (χ3v) is 5.81. The molecule has 2 amide bonds. The highest BCUT2D eigenvalue weighted by atomic mass is 19.4. The molecule has 34 heavy (non-hydrogen) atoms. The number of halogens is 4. The summed E-state index contributed by atoms with van der Waals surface area (Å²) in [5.41, 5.74) is -2.45. The van der Waals surface area contributed by atoms with Crippen LogP contribution in [0.3, 0.4) is 0 Å². The molecule has 0 bridgehead atoms. The number of carbonyl (C=O) groups excluding carboxylic acids is 2. The van der Waals surface area contributed by atoms with E-state index in [1.807, 2.05) is 6.07 Å². The number of hydrogen-bond donors (Lipinski definition) is 2. The molecule has 1 aliphatic rings. The summed E-state index contributed by atoms with van der Waals surface area (Å²) < 4.78 is 54.5. The van der Waals surface area contributed by atoms with E-state index in [4.69, 9.17) is 0 Å². The van der Waals surface area contributed by atoms with Gasteiger partial charge in [-0.25, -0.2) is 4.39 Å². The molecule has 0 radical (unpaired) electrons. The molecule has 1 fully saturated rings. The summed E-state index contributed by atoms with van der Waals surface area (Å²) in [5, 5.41) is 14.3. The lowest BCUT2D eigenvalue weighted by Crippen LogP contribution is -2.43. The molecule has 0 aliphatic carbocycles. The van der Waals surface area contributed by atoms with Gasteiger partial charge in [-0.3, -0.25) is 14.4 Å². The summed E-state index contributed by atoms with van der Waals surface area (Å²) in [5.74, 6) is -2.88. The topological polar surface area (TPSA) is 104 Å². The third kappa shape index (κ3) is 5.38. The first-order valence-electron chi connectivity index (χ1n) is 10.8. The largest absolute Gasteiger partial charge is 0.419 e. The molecule has 2 aromatic rings. The highest BCUT2D eigenvalue weighted by Crippen LogP contribution is 2.33. The van der Waals surface area contributed by atoms with E-state index in [0.29, 0.717) is 25.1 Å². The summed E-state index contributed by atoms with van der Waals surface area (Å²) in [6.07, 6.45) is -2.97. The van der Waals surface area contributed by atoms with Crippen LogP contribution >= 0.6 is 0 Å². The Morgan fingerprint density at radius 3 is 2.59 bits per heavy atom. The lowest BCUT2D eigenvalue weighted by Gasteiger charge is -2.24. The maximum Gasteiger partial charge on any atom is 0.419 e. The van der Waals surface area contributed by atoms with Crippen molar-refractivity contribution in [1.82, 2.24) is 15.2 Å². The Bertz CT molecular complexity index is 1200. The van der Waals surface area contributed by atoms with Gasteiger partial charge >= 0.3 is 6.18 Å². The van der Waals surface area contributed by atoms with E-state index in [0.717, 1.165) is 4.57 Å². The van der Waals surface area contributed by atoms with Crippen molar-refractivity contribution >= 4 is 22.6 Å². The number of carbonyl (C=O) groups is 2. The molecule has 3 atom stereocenters. The van der Waals surface area contributed by atoms with E-state index in [2.05, 4.69) is 10.6 Å². The van der Waals surface area contributed by atoms with Crippen molar-refractivity contribution in [2.45, 2.75) is 51.4 Å². The lowest BCUT2D eigenvalue weighted by molar-refractivity contribution is -0.139. The van der Waals surface area contributed by atoms with Crippen LogP contribution in [0.2, 0.25) is 0 Å². The summed E-state index contributed by atoms with van der Waals surface area (Å²) in [7, 11) is 0. The van der Waals surface area contributed by atoms with Gasteiger partial charge in [-0.15, -0.1) is 0 Å². The van der Waals surface area contributed by atoms with Crippen molar-refractivity contribution in [3.63, 3.8) is 0 Å². The molecular formula is C23H24F4N4O3. The zero-order valence-corrected chi connectivity index (χ0v) is 18.6. The minimum atomic E-state index is -4.99. The molecule has 1 aliphatic heterocycles. The second-order valence-corrected chi connectivity index (χ2v) is 8.79. The first-order valence-corrected chi connectivity index (χ1v) is 10.8. The van der Waals surface area contributed by atoms with E-state index >= 15 is 0 Å². The van der Waals surface area contributed by atoms with Crippen LogP contribution in [-0.4, -0.2) is 29.0 Å². The molecule has 7 nitrogen and oxygen atoms in total. The van der Waals surface area contributed by atoms with Gasteiger partial charge in [0.1, 0.15) is 17.9 Å². The number of nitrogens with one attached hydrogen (secondary N) is 2. The third-order valence-electron chi connectivity index (χ3n) is 5.81. The average Bonchev–Trinajstić information content (AvgIpc) is 3.15. The Labute approximate surface area is 192 Å². The molecule has 11 heteroatoms. The van der Waals surface area contributed by atoms with Crippen LogP contribution < -0.4 is 16.2 Å². The molecule has 2 heterocycles. The van der Waals surface area contributed by atoms with Crippen molar-refractivity contribution in [2.75, 3.05) is 6.54 Å². The molecule has 0 unspecified atom stereocenters. The van der Waals surface area contributed by atoms with Gasteiger partial charge < -0.3 is 15.2 Å².